The van der Waals surface area contributed by atoms with E-state index in [0.29, 0.717) is 0 Å². The Morgan fingerprint density at radius 2 is 0.705 bits per heavy atom. The number of rotatable bonds is 11. The molecule has 8 nitrogen and oxygen atoms in total. The fourth-order valence-electron chi connectivity index (χ4n) is 15.3. The van der Waals surface area contributed by atoms with Crippen molar-refractivity contribution in [2.75, 3.05) is 19.6 Å². The van der Waals surface area contributed by atoms with Crippen molar-refractivity contribution < 1.29 is 14.0 Å². The third-order valence-corrected chi connectivity index (χ3v) is 19.3. The van der Waals surface area contributed by atoms with E-state index in [-0.39, 0.29) is 13.4 Å². The molecule has 0 atom stereocenters. The lowest BCUT2D eigenvalue weighted by molar-refractivity contribution is -0.554. The first-order chi connectivity index (χ1) is 47.2. The molecule has 0 fully saturated rings. The molecule has 1 aromatic heterocycles. The molecule has 0 aliphatic carbocycles. The number of para-hydroxylation sites is 9. The van der Waals surface area contributed by atoms with E-state index in [1.807, 2.05) is 0 Å². The van der Waals surface area contributed by atoms with E-state index in [4.69, 9.17) is 9.47 Å². The number of fused-ring (bicyclic) bond motifs is 9. The Morgan fingerprint density at radius 3 is 1.15 bits per heavy atom. The van der Waals surface area contributed by atoms with Gasteiger partial charge in [0.15, 0.2) is 11.0 Å². The molecule has 4 aliphatic heterocycles. The zero-order valence-electron chi connectivity index (χ0n) is 51.5. The Bertz CT molecular complexity index is 5120. The van der Waals surface area contributed by atoms with Crippen molar-refractivity contribution in [1.29, 1.82) is 0 Å². The van der Waals surface area contributed by atoms with Crippen LogP contribution in [0, 0.1) is 0 Å². The van der Waals surface area contributed by atoms with Gasteiger partial charge in [-0.1, -0.05) is 188 Å². The van der Waals surface area contributed by atoms with Gasteiger partial charge < -0.3 is 29.1 Å². The summed E-state index contributed by atoms with van der Waals surface area (Å²) in [4.78, 5) is 13.5. The summed E-state index contributed by atoms with van der Waals surface area (Å²) in [6.45, 7) is -0.578. The minimum absolute atomic E-state index is 0.289. The van der Waals surface area contributed by atoms with E-state index in [1.54, 1.807) is 0 Å². The van der Waals surface area contributed by atoms with Crippen LogP contribution in [0.3, 0.4) is 0 Å². The summed E-state index contributed by atoms with van der Waals surface area (Å²) in [6, 6.07) is 122. The minimum atomic E-state index is -0.289. The smallest absolute Gasteiger partial charge is 0.292 e. The molecule has 0 saturated heterocycles. The van der Waals surface area contributed by atoms with Gasteiger partial charge in [-0.25, -0.2) is 4.98 Å². The van der Waals surface area contributed by atoms with Crippen molar-refractivity contribution in [3.63, 3.8) is 0 Å². The first-order valence-electron chi connectivity index (χ1n) is 32.5. The average Bonchev–Trinajstić information content (AvgIpc) is 0.936. The molecule has 0 saturated carbocycles. The van der Waals surface area contributed by atoms with E-state index in [0.717, 1.165) is 152 Å². The van der Waals surface area contributed by atoms with Gasteiger partial charge in [0.05, 0.1) is 22.5 Å². The number of aromatic nitrogens is 2. The van der Waals surface area contributed by atoms with Crippen molar-refractivity contribution in [1.82, 2.24) is 4.98 Å². The van der Waals surface area contributed by atoms with Gasteiger partial charge in [-0.05, 0) is 178 Å². The number of benzene rings is 14. The van der Waals surface area contributed by atoms with Gasteiger partial charge in [0.25, 0.3) is 19.2 Å². The minimum Gasteiger partial charge on any atom is -0.457 e. The van der Waals surface area contributed by atoms with Gasteiger partial charge in [0.1, 0.15) is 28.7 Å². The van der Waals surface area contributed by atoms with Crippen LogP contribution < -0.4 is 66.4 Å². The average molecular weight is 1220 g/mol. The Labute approximate surface area is 551 Å². The number of nitrogens with one attached hydrogen (secondary N) is 1. The topological polar surface area (TPSA) is 51.1 Å². The van der Waals surface area contributed by atoms with Crippen LogP contribution in [0.15, 0.2) is 340 Å². The molecule has 0 bridgehead atoms. The first kappa shape index (κ1) is 54.2. The van der Waals surface area contributed by atoms with Crippen molar-refractivity contribution in [2.45, 2.75) is 0 Å². The lowest BCUT2D eigenvalue weighted by Crippen LogP contribution is -2.63. The van der Waals surface area contributed by atoms with Crippen LogP contribution in [-0.4, -0.2) is 18.4 Å². The van der Waals surface area contributed by atoms with Gasteiger partial charge in [-0.15, -0.1) is 0 Å². The number of aromatic amines is 1. The van der Waals surface area contributed by atoms with Crippen LogP contribution in [-0.2, 0) is 0 Å². The first-order valence-corrected chi connectivity index (χ1v) is 32.5. The Morgan fingerprint density at radius 1 is 0.316 bits per heavy atom. The summed E-state index contributed by atoms with van der Waals surface area (Å²) in [5.74, 6) is 3.99. The predicted molar refractivity (Wildman–Crippen MR) is 392 cm³/mol. The van der Waals surface area contributed by atoms with Crippen LogP contribution in [0.2, 0.25) is 0 Å². The molecule has 0 unspecified atom stereocenters. The SMILES string of the molecule is c1ccc(-c2[nH]c3ccc(-c4c5c(cc6c4Oc4cc(N(c7ccccc7)c7ccccc7)cc7c4B6c4ccccc4N7c4ccccc4)B4c6ccccc6N(c6ccccc6)c6cc(N(c7ccccc7)c7ccccc7)cc(c64)O5)cc3[n+]2-c2ccccc2)cc1. The van der Waals surface area contributed by atoms with E-state index in [9.17, 15) is 0 Å². The zero-order chi connectivity index (χ0) is 62.5. The van der Waals surface area contributed by atoms with Crippen molar-refractivity contribution in [3.8, 4) is 51.2 Å². The molecule has 0 radical (unpaired) electrons. The maximum absolute atomic E-state index is 8.09. The number of ether oxygens (including phenoxy) is 2. The quantitative estimate of drug-likeness (QED) is 0.103. The van der Waals surface area contributed by atoms with E-state index in [1.165, 1.54) is 10.9 Å². The highest BCUT2D eigenvalue weighted by Gasteiger charge is 2.49. The van der Waals surface area contributed by atoms with Crippen LogP contribution in [0.4, 0.5) is 68.2 Å². The highest BCUT2D eigenvalue weighted by atomic mass is 16.5. The lowest BCUT2D eigenvalue weighted by Gasteiger charge is -2.43. The van der Waals surface area contributed by atoms with Crippen LogP contribution in [0.25, 0.3) is 39.2 Å². The van der Waals surface area contributed by atoms with Crippen molar-refractivity contribution >= 4 is 125 Å². The zero-order valence-corrected chi connectivity index (χ0v) is 51.5. The van der Waals surface area contributed by atoms with Crippen LogP contribution in [0.5, 0.6) is 23.0 Å². The standard InChI is InChI=1S/C85H56B2N6O2/c1-9-29-57(30-10-1)85-88-72-50-49-58(51-75(72)93(85)65-43-23-8-24-44-65)80-83-70(86-68-45-25-27-47-73(68)91(63-39-19-6-20-40-63)76-52-66(54-78(94-83)81(76)86)89(59-31-11-2-12-32-59)60-33-13-3-14-34-60)56-71-84(80)95-79-55-67(90(61-35-15-4-16-36-61)62-37-17-5-18-38-62)53-77-82(79)87(71)69-46-26-28-48-74(69)92(77)64-41-21-7-22-42-64/h1-56H/p+1. The summed E-state index contributed by atoms with van der Waals surface area (Å²) < 4.78 is 18.5. The highest BCUT2D eigenvalue weighted by molar-refractivity contribution is 7.02. The maximum atomic E-state index is 8.09. The summed E-state index contributed by atoms with van der Waals surface area (Å²) >= 11 is 0. The molecular formula is C85H57B2N6O2+. The second kappa shape index (κ2) is 22.1. The summed E-state index contributed by atoms with van der Waals surface area (Å²) in [5.41, 5.74) is 25.0. The molecule has 5 heterocycles. The molecule has 444 valence electrons. The monoisotopic (exact) mass is 1220 g/mol. The normalized spacial score (nSPS) is 12.7. The molecule has 4 aliphatic rings. The number of anilines is 12. The lowest BCUT2D eigenvalue weighted by atomic mass is 9.30. The number of nitrogens with zero attached hydrogens (tertiary/aromatic N) is 5. The van der Waals surface area contributed by atoms with Gasteiger partial charge in [0.2, 0.25) is 0 Å². The Balaban J connectivity index is 0.931. The van der Waals surface area contributed by atoms with Crippen LogP contribution in [0.1, 0.15) is 0 Å². The second-order valence-electron chi connectivity index (χ2n) is 24.6. The third kappa shape index (κ3) is 8.75. The van der Waals surface area contributed by atoms with Gasteiger partial charge in [-0.2, -0.15) is 4.57 Å². The number of H-pyrrole nitrogens is 1. The number of imidazole rings is 1. The third-order valence-electron chi connectivity index (χ3n) is 19.3. The summed E-state index contributed by atoms with van der Waals surface area (Å²) in [6.07, 6.45) is 0. The fourth-order valence-corrected chi connectivity index (χ4v) is 15.3. The Hall–Kier alpha value is -12.5. The number of hydrogen-bond donors (Lipinski definition) is 1. The largest absolute Gasteiger partial charge is 0.457 e. The van der Waals surface area contributed by atoms with Crippen molar-refractivity contribution in [3.05, 3.63) is 340 Å². The van der Waals surface area contributed by atoms with Gasteiger partial charge in [0, 0.05) is 69.0 Å². The van der Waals surface area contributed by atoms with Gasteiger partial charge in [-0.3, -0.25) is 0 Å². The highest BCUT2D eigenvalue weighted by Crippen LogP contribution is 2.52. The predicted octanol–water partition coefficient (Wildman–Crippen LogP) is 17.5. The second-order valence-corrected chi connectivity index (χ2v) is 24.6. The fraction of sp³-hybridized carbons (Fsp3) is 0. The van der Waals surface area contributed by atoms with Crippen LogP contribution >= 0.6 is 0 Å². The molecule has 0 spiro atoms. The van der Waals surface area contributed by atoms with E-state index >= 15 is 0 Å². The molecule has 14 aromatic carbocycles. The van der Waals surface area contributed by atoms with Gasteiger partial charge >= 0.3 is 0 Å². The van der Waals surface area contributed by atoms with E-state index in [2.05, 4.69) is 369 Å². The van der Waals surface area contributed by atoms with E-state index < -0.39 is 0 Å². The molecule has 1 N–H and O–H groups in total. The Kier molecular flexibility index (Phi) is 12.6. The maximum Gasteiger partial charge on any atom is 0.292 e. The molecule has 95 heavy (non-hydrogen) atoms. The molecule has 19 rings (SSSR count). The molecule has 0 amide bonds. The summed E-state index contributed by atoms with van der Waals surface area (Å²) in [7, 11) is 0. The molecular weight excluding hydrogens is 1160 g/mol. The molecule has 10 heteroatoms. The number of hydrogen-bond acceptors (Lipinski definition) is 6. The van der Waals surface area contributed by atoms with Crippen molar-refractivity contribution in [2.24, 2.45) is 0 Å². The summed E-state index contributed by atoms with van der Waals surface area (Å²) in [5, 5.41) is 0. The molecule has 15 aromatic rings.